The van der Waals surface area contributed by atoms with Crippen molar-refractivity contribution >= 4 is 22.6 Å². The number of nitrogens with zero attached hydrogens (tertiary/aromatic N) is 3. The number of carbonyl (C=O) groups is 1. The minimum Gasteiger partial charge on any atom is -0.356 e. The molecule has 3 heterocycles. The number of anilines is 1. The topological polar surface area (TPSA) is 58.1 Å². The molecule has 0 radical (unpaired) electrons. The van der Waals surface area contributed by atoms with Crippen LogP contribution in [-0.2, 0) is 6.18 Å². The van der Waals surface area contributed by atoms with Crippen molar-refractivity contribution in [3.63, 3.8) is 0 Å². The summed E-state index contributed by atoms with van der Waals surface area (Å²) < 4.78 is 38.1. The molecule has 0 spiro atoms. The van der Waals surface area contributed by atoms with Crippen LogP contribution >= 0.6 is 0 Å². The molecule has 1 aromatic carbocycles. The van der Waals surface area contributed by atoms with E-state index in [-0.39, 0.29) is 11.9 Å². The molecule has 3 aromatic rings. The summed E-state index contributed by atoms with van der Waals surface area (Å²) in [5, 5.41) is 4.01. The zero-order valence-corrected chi connectivity index (χ0v) is 17.3. The van der Waals surface area contributed by atoms with Crippen LogP contribution < -0.4 is 10.2 Å². The van der Waals surface area contributed by atoms with Gasteiger partial charge in [0.2, 0.25) is 0 Å². The Labute approximate surface area is 178 Å². The van der Waals surface area contributed by atoms with Gasteiger partial charge in [0, 0.05) is 30.7 Å². The van der Waals surface area contributed by atoms with Gasteiger partial charge in [-0.25, -0.2) is 4.98 Å². The fraction of sp³-hybridized carbons (Fsp3) is 0.348. The minimum absolute atomic E-state index is 0.00851. The van der Waals surface area contributed by atoms with Crippen molar-refractivity contribution in [2.24, 2.45) is 0 Å². The monoisotopic (exact) mass is 428 g/mol. The average molecular weight is 428 g/mol. The van der Waals surface area contributed by atoms with E-state index in [2.05, 4.69) is 15.3 Å². The van der Waals surface area contributed by atoms with E-state index in [0.717, 1.165) is 28.7 Å². The number of fused-ring (bicyclic) bond motifs is 1. The summed E-state index contributed by atoms with van der Waals surface area (Å²) in [7, 11) is 0. The van der Waals surface area contributed by atoms with Gasteiger partial charge < -0.3 is 10.2 Å². The Morgan fingerprint density at radius 3 is 2.48 bits per heavy atom. The smallest absolute Gasteiger partial charge is 0.356 e. The van der Waals surface area contributed by atoms with Crippen molar-refractivity contribution in [3.05, 3.63) is 65.0 Å². The highest BCUT2D eigenvalue weighted by molar-refractivity contribution is 5.98. The second kappa shape index (κ2) is 8.17. The molecule has 31 heavy (non-hydrogen) atoms. The van der Waals surface area contributed by atoms with Crippen LogP contribution in [0.25, 0.3) is 10.9 Å². The molecule has 8 heteroatoms. The van der Waals surface area contributed by atoms with Gasteiger partial charge in [-0.05, 0) is 57.0 Å². The van der Waals surface area contributed by atoms with Crippen LogP contribution in [0.5, 0.6) is 0 Å². The summed E-state index contributed by atoms with van der Waals surface area (Å²) in [6, 6.07) is 10.3. The summed E-state index contributed by atoms with van der Waals surface area (Å²) in [4.78, 5) is 23.3. The largest absolute Gasteiger partial charge is 0.417 e. The second-order valence-electron chi connectivity index (χ2n) is 7.96. The molecule has 0 bridgehead atoms. The lowest BCUT2D eigenvalue weighted by Gasteiger charge is -2.33. The van der Waals surface area contributed by atoms with Crippen molar-refractivity contribution in [2.75, 3.05) is 18.0 Å². The summed E-state index contributed by atoms with van der Waals surface area (Å²) in [5.41, 5.74) is 2.45. The van der Waals surface area contributed by atoms with Crippen LogP contribution in [0.3, 0.4) is 0 Å². The first-order chi connectivity index (χ1) is 14.7. The van der Waals surface area contributed by atoms with E-state index in [1.165, 1.54) is 6.07 Å². The molecule has 5 nitrogen and oxygen atoms in total. The van der Waals surface area contributed by atoms with Gasteiger partial charge in [-0.3, -0.25) is 9.78 Å². The van der Waals surface area contributed by atoms with Gasteiger partial charge >= 0.3 is 6.18 Å². The molecule has 1 aliphatic heterocycles. The van der Waals surface area contributed by atoms with Crippen LogP contribution in [0.1, 0.15) is 40.0 Å². The Bertz CT molecular complexity index is 1100. The first-order valence-corrected chi connectivity index (χ1v) is 10.2. The highest BCUT2D eigenvalue weighted by Crippen LogP contribution is 2.30. The summed E-state index contributed by atoms with van der Waals surface area (Å²) in [5.74, 6) is 0.363. The average Bonchev–Trinajstić information content (AvgIpc) is 2.73. The predicted molar refractivity (Wildman–Crippen MR) is 113 cm³/mol. The van der Waals surface area contributed by atoms with E-state index in [4.69, 9.17) is 0 Å². The Hall–Kier alpha value is -3.16. The van der Waals surface area contributed by atoms with E-state index in [9.17, 15) is 18.0 Å². The second-order valence-corrected chi connectivity index (χ2v) is 7.96. The minimum atomic E-state index is -4.39. The van der Waals surface area contributed by atoms with Gasteiger partial charge in [-0.2, -0.15) is 13.2 Å². The van der Waals surface area contributed by atoms with E-state index >= 15 is 0 Å². The fourth-order valence-electron chi connectivity index (χ4n) is 3.88. The lowest BCUT2D eigenvalue weighted by molar-refractivity contribution is -0.137. The normalized spacial score (nSPS) is 15.3. The number of pyridine rings is 2. The Balaban J connectivity index is 1.39. The number of piperidine rings is 1. The number of halogens is 3. The number of rotatable bonds is 3. The number of aryl methyl sites for hydroxylation is 2. The van der Waals surface area contributed by atoms with Crippen LogP contribution in [0.15, 0.2) is 42.6 Å². The van der Waals surface area contributed by atoms with E-state index in [1.54, 1.807) is 0 Å². The first kappa shape index (κ1) is 21.1. The van der Waals surface area contributed by atoms with Gasteiger partial charge in [0.15, 0.2) is 0 Å². The molecule has 1 fully saturated rings. The van der Waals surface area contributed by atoms with Crippen LogP contribution in [0, 0.1) is 13.8 Å². The number of benzene rings is 1. The first-order valence-electron chi connectivity index (χ1n) is 10.2. The third kappa shape index (κ3) is 4.62. The van der Waals surface area contributed by atoms with E-state index < -0.39 is 11.7 Å². The number of alkyl halides is 3. The summed E-state index contributed by atoms with van der Waals surface area (Å²) >= 11 is 0. The standard InChI is InChI=1S/C23H23F3N4O/c1-14-3-5-20-16(11-14)12-19(15(2)28-20)22(31)29-18-7-9-30(10-8-18)21-6-4-17(13-27-21)23(24,25)26/h3-6,11-13,18H,7-10H2,1-2H3,(H,29,31). The van der Waals surface area contributed by atoms with Crippen molar-refractivity contribution < 1.29 is 18.0 Å². The molecule has 0 saturated carbocycles. The molecule has 1 amide bonds. The third-order valence-electron chi connectivity index (χ3n) is 5.63. The van der Waals surface area contributed by atoms with Gasteiger partial charge in [0.25, 0.3) is 5.91 Å². The molecule has 2 aromatic heterocycles. The number of amides is 1. The van der Waals surface area contributed by atoms with Crippen LogP contribution in [-0.4, -0.2) is 35.0 Å². The number of hydrogen-bond donors (Lipinski definition) is 1. The lowest BCUT2D eigenvalue weighted by atomic mass is 10.0. The van der Waals surface area contributed by atoms with Gasteiger partial charge in [-0.1, -0.05) is 11.6 Å². The fourth-order valence-corrected chi connectivity index (χ4v) is 3.88. The Morgan fingerprint density at radius 1 is 1.10 bits per heavy atom. The van der Waals surface area contributed by atoms with Gasteiger partial charge in [0.05, 0.1) is 22.3 Å². The molecule has 0 unspecified atom stereocenters. The number of aromatic nitrogens is 2. The Morgan fingerprint density at radius 2 is 1.84 bits per heavy atom. The molecular formula is C23H23F3N4O. The third-order valence-corrected chi connectivity index (χ3v) is 5.63. The van der Waals surface area contributed by atoms with E-state index in [0.29, 0.717) is 43.0 Å². The molecular weight excluding hydrogens is 405 g/mol. The maximum Gasteiger partial charge on any atom is 0.417 e. The maximum atomic E-state index is 12.9. The molecule has 1 saturated heterocycles. The predicted octanol–water partition coefficient (Wildman–Crippen LogP) is 4.66. The quantitative estimate of drug-likeness (QED) is 0.659. The number of carbonyl (C=O) groups excluding carboxylic acids is 1. The summed E-state index contributed by atoms with van der Waals surface area (Å²) in [6.45, 7) is 5.04. The van der Waals surface area contributed by atoms with Gasteiger partial charge in [-0.15, -0.1) is 0 Å². The van der Waals surface area contributed by atoms with Crippen molar-refractivity contribution in [2.45, 2.75) is 38.9 Å². The molecule has 1 aliphatic rings. The highest BCUT2D eigenvalue weighted by Gasteiger charge is 2.31. The summed E-state index contributed by atoms with van der Waals surface area (Å²) in [6.07, 6.45) is -2.15. The van der Waals surface area contributed by atoms with Crippen molar-refractivity contribution in [1.82, 2.24) is 15.3 Å². The molecule has 1 N–H and O–H groups in total. The highest BCUT2D eigenvalue weighted by atomic mass is 19.4. The zero-order chi connectivity index (χ0) is 22.2. The maximum absolute atomic E-state index is 12.9. The zero-order valence-electron chi connectivity index (χ0n) is 17.3. The van der Waals surface area contributed by atoms with Crippen molar-refractivity contribution in [3.8, 4) is 0 Å². The molecule has 0 atom stereocenters. The van der Waals surface area contributed by atoms with Crippen molar-refractivity contribution in [1.29, 1.82) is 0 Å². The van der Waals surface area contributed by atoms with Gasteiger partial charge in [0.1, 0.15) is 5.82 Å². The lowest BCUT2D eigenvalue weighted by Crippen LogP contribution is -2.45. The SMILES string of the molecule is Cc1ccc2nc(C)c(C(=O)NC3CCN(c4ccc(C(F)(F)F)cn4)CC3)cc2c1. The molecule has 162 valence electrons. The number of hydrogen-bond acceptors (Lipinski definition) is 4. The molecule has 4 rings (SSSR count). The van der Waals surface area contributed by atoms with Crippen LogP contribution in [0.4, 0.5) is 19.0 Å². The van der Waals surface area contributed by atoms with E-state index in [1.807, 2.05) is 43.0 Å². The Kier molecular flexibility index (Phi) is 5.56. The molecule has 0 aliphatic carbocycles. The van der Waals surface area contributed by atoms with Crippen LogP contribution in [0.2, 0.25) is 0 Å². The number of nitrogens with one attached hydrogen (secondary N) is 1.